The molecule has 0 spiro atoms. The van der Waals surface area contributed by atoms with Gasteiger partial charge in [-0.2, -0.15) is 0 Å². The molecule has 1 saturated carbocycles. The number of aryl methyl sites for hydroxylation is 1. The van der Waals surface area contributed by atoms with Gasteiger partial charge in [0, 0.05) is 12.6 Å². The summed E-state index contributed by atoms with van der Waals surface area (Å²) in [5, 5.41) is 13.2. The van der Waals surface area contributed by atoms with Crippen LogP contribution in [0.2, 0.25) is 0 Å². The Kier molecular flexibility index (Phi) is 4.19. The summed E-state index contributed by atoms with van der Waals surface area (Å²) >= 11 is 0. The second-order valence-electron chi connectivity index (χ2n) is 6.19. The van der Waals surface area contributed by atoms with Gasteiger partial charge in [-0.05, 0) is 61.6 Å². The van der Waals surface area contributed by atoms with E-state index in [-0.39, 0.29) is 0 Å². The third-order valence-electron chi connectivity index (χ3n) is 5.05. The molecule has 0 amide bonds. The number of aliphatic hydroxyl groups excluding tert-OH is 1. The first-order valence-electron chi connectivity index (χ1n) is 7.80. The molecule has 3 unspecified atom stereocenters. The summed E-state index contributed by atoms with van der Waals surface area (Å²) in [7, 11) is 0. The molecule has 3 atom stereocenters. The molecular formula is C17H25NO. The van der Waals surface area contributed by atoms with E-state index in [4.69, 9.17) is 0 Å². The van der Waals surface area contributed by atoms with Crippen LogP contribution in [-0.4, -0.2) is 18.3 Å². The van der Waals surface area contributed by atoms with E-state index in [0.717, 1.165) is 6.54 Å². The summed E-state index contributed by atoms with van der Waals surface area (Å²) in [6.45, 7) is 1.44. The Hall–Kier alpha value is -0.860. The summed E-state index contributed by atoms with van der Waals surface area (Å²) in [6.07, 6.45) is 7.57. The van der Waals surface area contributed by atoms with E-state index >= 15 is 0 Å². The number of hydrogen-bond donors (Lipinski definition) is 2. The lowest BCUT2D eigenvalue weighted by Crippen LogP contribution is -2.31. The van der Waals surface area contributed by atoms with Crippen molar-refractivity contribution in [3.8, 4) is 0 Å². The Bertz CT molecular complexity index is 417. The monoisotopic (exact) mass is 259 g/mol. The Labute approximate surface area is 116 Å². The minimum atomic E-state index is 0.369. The standard InChI is InChI=1S/C17H25NO/c19-12-15-8-3-7-14(15)11-18-17-10-4-6-13-5-1-2-9-16(13)17/h1-2,5,9,14-15,17-19H,3-4,6-8,10-12H2. The average molecular weight is 259 g/mol. The number of rotatable bonds is 4. The highest BCUT2D eigenvalue weighted by Gasteiger charge is 2.28. The normalized spacial score (nSPS) is 30.3. The molecule has 1 aromatic rings. The van der Waals surface area contributed by atoms with Gasteiger partial charge in [0.2, 0.25) is 0 Å². The topological polar surface area (TPSA) is 32.3 Å². The minimum absolute atomic E-state index is 0.369. The van der Waals surface area contributed by atoms with Crippen LogP contribution in [0.5, 0.6) is 0 Å². The third kappa shape index (κ3) is 2.85. The maximum absolute atomic E-state index is 9.40. The van der Waals surface area contributed by atoms with Gasteiger partial charge in [0.05, 0.1) is 0 Å². The first kappa shape index (κ1) is 13.1. The van der Waals surface area contributed by atoms with Crippen LogP contribution < -0.4 is 5.32 Å². The lowest BCUT2D eigenvalue weighted by Gasteiger charge is -2.28. The van der Waals surface area contributed by atoms with Crippen LogP contribution in [0.1, 0.15) is 49.3 Å². The van der Waals surface area contributed by atoms with Crippen molar-refractivity contribution in [2.24, 2.45) is 11.8 Å². The Morgan fingerprint density at radius 1 is 1.05 bits per heavy atom. The van der Waals surface area contributed by atoms with E-state index in [9.17, 15) is 5.11 Å². The fourth-order valence-electron chi connectivity index (χ4n) is 3.88. The van der Waals surface area contributed by atoms with Gasteiger partial charge in [0.25, 0.3) is 0 Å². The first-order chi connectivity index (χ1) is 9.38. The molecule has 2 heteroatoms. The summed E-state index contributed by atoms with van der Waals surface area (Å²) in [5.74, 6) is 1.21. The molecule has 0 aromatic heterocycles. The molecule has 2 aliphatic carbocycles. The van der Waals surface area contributed by atoms with Gasteiger partial charge < -0.3 is 10.4 Å². The van der Waals surface area contributed by atoms with Crippen molar-refractivity contribution in [3.63, 3.8) is 0 Å². The quantitative estimate of drug-likeness (QED) is 0.871. The second kappa shape index (κ2) is 6.06. The van der Waals surface area contributed by atoms with Crippen molar-refractivity contribution in [1.82, 2.24) is 5.32 Å². The van der Waals surface area contributed by atoms with Gasteiger partial charge in [0.1, 0.15) is 0 Å². The summed E-state index contributed by atoms with van der Waals surface area (Å²) in [6, 6.07) is 9.40. The van der Waals surface area contributed by atoms with Gasteiger partial charge >= 0.3 is 0 Å². The molecule has 0 saturated heterocycles. The molecule has 3 rings (SSSR count). The highest BCUT2D eigenvalue weighted by molar-refractivity contribution is 5.32. The van der Waals surface area contributed by atoms with E-state index in [1.165, 1.54) is 49.7 Å². The van der Waals surface area contributed by atoms with Crippen molar-refractivity contribution in [1.29, 1.82) is 0 Å². The molecular weight excluding hydrogens is 234 g/mol. The lowest BCUT2D eigenvalue weighted by atomic mass is 9.87. The molecule has 104 valence electrons. The molecule has 1 fully saturated rings. The largest absolute Gasteiger partial charge is 0.396 e. The summed E-state index contributed by atoms with van der Waals surface area (Å²) in [5.41, 5.74) is 3.03. The molecule has 1 aromatic carbocycles. The van der Waals surface area contributed by atoms with Crippen LogP contribution in [-0.2, 0) is 6.42 Å². The molecule has 2 aliphatic rings. The predicted molar refractivity (Wildman–Crippen MR) is 78.0 cm³/mol. The number of aliphatic hydroxyl groups is 1. The van der Waals surface area contributed by atoms with Crippen molar-refractivity contribution in [2.75, 3.05) is 13.2 Å². The number of fused-ring (bicyclic) bond motifs is 1. The molecule has 0 aliphatic heterocycles. The molecule has 0 bridgehead atoms. The van der Waals surface area contributed by atoms with Crippen LogP contribution in [0.3, 0.4) is 0 Å². The van der Waals surface area contributed by atoms with E-state index in [1.54, 1.807) is 0 Å². The highest BCUT2D eigenvalue weighted by Crippen LogP contribution is 2.33. The van der Waals surface area contributed by atoms with Crippen LogP contribution in [0, 0.1) is 11.8 Å². The molecule has 2 nitrogen and oxygen atoms in total. The van der Waals surface area contributed by atoms with Gasteiger partial charge in [-0.1, -0.05) is 30.7 Å². The highest BCUT2D eigenvalue weighted by atomic mass is 16.3. The fourth-order valence-corrected chi connectivity index (χ4v) is 3.88. The summed E-state index contributed by atoms with van der Waals surface area (Å²) < 4.78 is 0. The molecule has 0 radical (unpaired) electrons. The molecule has 19 heavy (non-hydrogen) atoms. The first-order valence-corrected chi connectivity index (χ1v) is 7.80. The van der Waals surface area contributed by atoms with Gasteiger partial charge in [-0.25, -0.2) is 0 Å². The van der Waals surface area contributed by atoms with E-state index in [0.29, 0.717) is 24.5 Å². The van der Waals surface area contributed by atoms with Gasteiger partial charge in [0.15, 0.2) is 0 Å². The van der Waals surface area contributed by atoms with Crippen LogP contribution in [0.25, 0.3) is 0 Å². The van der Waals surface area contributed by atoms with E-state index < -0.39 is 0 Å². The van der Waals surface area contributed by atoms with E-state index in [2.05, 4.69) is 29.6 Å². The van der Waals surface area contributed by atoms with Gasteiger partial charge in [-0.3, -0.25) is 0 Å². The average Bonchev–Trinajstić information content (AvgIpc) is 2.92. The summed E-state index contributed by atoms with van der Waals surface area (Å²) in [4.78, 5) is 0. The predicted octanol–water partition coefficient (Wildman–Crippen LogP) is 3.06. The Morgan fingerprint density at radius 2 is 1.89 bits per heavy atom. The van der Waals surface area contributed by atoms with E-state index in [1.807, 2.05) is 0 Å². The van der Waals surface area contributed by atoms with Crippen molar-refractivity contribution >= 4 is 0 Å². The fraction of sp³-hybridized carbons (Fsp3) is 0.647. The van der Waals surface area contributed by atoms with Crippen LogP contribution >= 0.6 is 0 Å². The van der Waals surface area contributed by atoms with Crippen molar-refractivity contribution < 1.29 is 5.11 Å². The number of benzene rings is 1. The zero-order chi connectivity index (χ0) is 13.1. The van der Waals surface area contributed by atoms with Crippen LogP contribution in [0.15, 0.2) is 24.3 Å². The Morgan fingerprint density at radius 3 is 2.79 bits per heavy atom. The van der Waals surface area contributed by atoms with Crippen molar-refractivity contribution in [2.45, 2.75) is 44.6 Å². The Balaban J connectivity index is 1.62. The number of hydrogen-bond acceptors (Lipinski definition) is 2. The second-order valence-corrected chi connectivity index (χ2v) is 6.19. The third-order valence-corrected chi connectivity index (χ3v) is 5.05. The zero-order valence-electron chi connectivity index (χ0n) is 11.6. The van der Waals surface area contributed by atoms with Crippen LogP contribution in [0.4, 0.5) is 0 Å². The maximum atomic E-state index is 9.40. The van der Waals surface area contributed by atoms with Crippen molar-refractivity contribution in [3.05, 3.63) is 35.4 Å². The smallest absolute Gasteiger partial charge is 0.0462 e. The maximum Gasteiger partial charge on any atom is 0.0462 e. The zero-order valence-corrected chi connectivity index (χ0v) is 11.6. The molecule has 2 N–H and O–H groups in total. The number of nitrogens with one attached hydrogen (secondary N) is 1. The minimum Gasteiger partial charge on any atom is -0.396 e. The lowest BCUT2D eigenvalue weighted by molar-refractivity contribution is 0.189. The molecule has 0 heterocycles. The van der Waals surface area contributed by atoms with Gasteiger partial charge in [-0.15, -0.1) is 0 Å². The SMILES string of the molecule is OCC1CCCC1CNC1CCCc2ccccc21.